The molecule has 0 aromatic heterocycles. The molecule has 2 atom stereocenters. The van der Waals surface area contributed by atoms with E-state index in [9.17, 15) is 63.0 Å². The fourth-order valence-electron chi connectivity index (χ4n) is 11.9. The van der Waals surface area contributed by atoms with E-state index in [0.717, 1.165) is 65.5 Å². The summed E-state index contributed by atoms with van der Waals surface area (Å²) in [5, 5.41) is 41.8. The number of unbranched alkanes of at least 4 members (excludes halogenated alkanes) is 5. The van der Waals surface area contributed by atoms with Gasteiger partial charge in [0.15, 0.2) is 0 Å². The zero-order chi connectivity index (χ0) is 76.9. The van der Waals surface area contributed by atoms with Crippen LogP contribution in [0.5, 0.6) is 0 Å². The Morgan fingerprint density at radius 3 is 1.32 bits per heavy atom. The summed E-state index contributed by atoms with van der Waals surface area (Å²) in [4.78, 5) is 153. The number of benzene rings is 2. The molecule has 1 saturated heterocycles. The van der Waals surface area contributed by atoms with Crippen LogP contribution in [0.1, 0.15) is 199 Å². The number of ether oxygens (including phenoxy) is 3. The summed E-state index contributed by atoms with van der Waals surface area (Å²) < 4.78 is 22.3. The number of nitrogens with zero attached hydrogens (tertiary/aromatic N) is 5. The molecule has 0 spiro atoms. The Bertz CT molecular complexity index is 2980. The third kappa shape index (κ3) is 38.9. The average Bonchev–Trinajstić information content (AvgIpc) is 0.786. The van der Waals surface area contributed by atoms with Crippen molar-refractivity contribution in [3.63, 3.8) is 0 Å². The first kappa shape index (κ1) is 90.7. The molecule has 29 heteroatoms. The van der Waals surface area contributed by atoms with Crippen LogP contribution in [0.2, 0.25) is 13.3 Å². The maximum absolute atomic E-state index is 14.4. The molecule has 6 amide bonds. The predicted molar refractivity (Wildman–Crippen MR) is 401 cm³/mol. The van der Waals surface area contributed by atoms with Gasteiger partial charge in [0.05, 0.1) is 19.6 Å². The van der Waals surface area contributed by atoms with Crippen LogP contribution >= 0.6 is 15.9 Å². The van der Waals surface area contributed by atoms with Gasteiger partial charge in [-0.1, -0.05) is 28.1 Å². The van der Waals surface area contributed by atoms with E-state index in [4.69, 9.17) is 19.3 Å². The number of nitrogens with one attached hydrogen (secondary N) is 5. The van der Waals surface area contributed by atoms with Gasteiger partial charge in [-0.3, -0.25) is 33.9 Å². The van der Waals surface area contributed by atoms with Crippen LogP contribution < -0.4 is 30.2 Å². The second-order valence-electron chi connectivity index (χ2n) is 29.8. The summed E-state index contributed by atoms with van der Waals surface area (Å²) >= 11 is 0.132. The Kier molecular flexibility index (Phi) is 40.9. The van der Waals surface area contributed by atoms with Crippen molar-refractivity contribution >= 4 is 103 Å². The third-order valence-electron chi connectivity index (χ3n) is 17.2. The van der Waals surface area contributed by atoms with Gasteiger partial charge in [-0.2, -0.15) is 0 Å². The quantitative estimate of drug-likeness (QED) is 0.0136. The van der Waals surface area contributed by atoms with Crippen molar-refractivity contribution in [2.45, 2.75) is 222 Å². The summed E-state index contributed by atoms with van der Waals surface area (Å²) in [6.07, 6.45) is 6.87. The fourth-order valence-corrected chi connectivity index (χ4v) is 28.3. The number of carboxylic acids is 3. The second-order valence-corrected chi connectivity index (χ2v) is 44.0. The van der Waals surface area contributed by atoms with Gasteiger partial charge in [0.1, 0.15) is 28.9 Å². The van der Waals surface area contributed by atoms with Gasteiger partial charge in [0.25, 0.3) is 0 Å². The summed E-state index contributed by atoms with van der Waals surface area (Å²) in [6, 6.07) is 9.13. The summed E-state index contributed by atoms with van der Waals surface area (Å²) in [5.41, 5.74) is -0.555. The van der Waals surface area contributed by atoms with Crippen molar-refractivity contribution in [3.05, 3.63) is 63.6 Å². The van der Waals surface area contributed by atoms with Crippen molar-refractivity contribution in [1.82, 2.24) is 51.1 Å². The second kappa shape index (κ2) is 46.5. The molecule has 2 aromatic rings. The van der Waals surface area contributed by atoms with E-state index in [2.05, 4.69) is 63.3 Å². The van der Waals surface area contributed by atoms with Crippen molar-refractivity contribution in [2.75, 3.05) is 105 Å². The van der Waals surface area contributed by atoms with Crippen molar-refractivity contribution in [2.24, 2.45) is 0 Å². The number of aliphatic carboxylic acids is 3. The molecule has 1 aliphatic rings. The number of rotatable bonds is 42. The normalized spacial score (nSPS) is 14.7. The van der Waals surface area contributed by atoms with Crippen LogP contribution in [-0.2, 0) is 59.1 Å². The number of hydrogen-bond donors (Lipinski definition) is 8. The van der Waals surface area contributed by atoms with E-state index in [-0.39, 0.29) is 102 Å². The molecule has 1 fully saturated rings. The minimum absolute atomic E-state index is 0.00592. The predicted octanol–water partition coefficient (Wildman–Crippen LogP) is 7.77. The van der Waals surface area contributed by atoms with Crippen molar-refractivity contribution in [3.8, 4) is 0 Å². The molecule has 3 rings (SSSR count). The van der Waals surface area contributed by atoms with Crippen molar-refractivity contribution in [1.29, 1.82) is 0 Å². The van der Waals surface area contributed by atoms with Crippen LogP contribution in [0.25, 0.3) is 0 Å². The first-order chi connectivity index (χ1) is 48.4. The summed E-state index contributed by atoms with van der Waals surface area (Å²) in [7, 11) is 0. The van der Waals surface area contributed by atoms with Crippen LogP contribution in [-0.4, -0.2) is 257 Å². The van der Waals surface area contributed by atoms with Crippen molar-refractivity contribution < 1.29 is 82.3 Å². The first-order valence-corrected chi connectivity index (χ1v) is 45.0. The van der Waals surface area contributed by atoms with Gasteiger partial charge in [-0.05, 0) is 106 Å². The average molecular weight is 1620 g/mol. The number of urea groups is 1. The van der Waals surface area contributed by atoms with E-state index in [1.165, 1.54) is 0 Å². The summed E-state index contributed by atoms with van der Waals surface area (Å²) in [5.74, 6) is -6.50. The molecule has 1 aliphatic heterocycles. The zero-order valence-electron chi connectivity index (χ0n) is 63.4. The number of hydrogen-bond acceptors (Lipinski definition) is 18. The standard InChI is InChI=1S/C62H94BrN10O17.3C4H9.Sn/c1-60(2,3)88-52(78)40-70-31-29-69(30-32-71(41-53(79)89-61(4,5)6)34-36-72(35-33-70)42-54(80)90-62(7,8)9)39-49(74)64-26-27-66-56(82)45-16-14-15-44(37-45)55(81)65-25-12-10-18-50(75)73(38-43-19-21-46(63)22-20-43)28-13-11-17-47(57(83)84)67-59(87)68-48(58(85)86)23-24-51(76)77;3*1-3-4-2;/h15-16,19-22,37,47-48H,10-13,17-18,23-36,38-42H2,1-9H3,(H,64,74)(H,65,81)(H,66,82)(H,76,77)(H,83,84)(H,85,86)(H2,67,68,87);3*1,3-4H2,2H3;/t47-,48-;;;;/m0..../s1. The first-order valence-electron chi connectivity index (χ1n) is 36.7. The number of esters is 3. The topological polar surface area (TPSA) is 353 Å². The van der Waals surface area contributed by atoms with Gasteiger partial charge < -0.3 is 40.2 Å². The fraction of sp³-hybridized carbons (Fsp3) is 0.689. The monoisotopic (exact) mass is 1620 g/mol. The minimum atomic E-state index is -3.32. The Balaban J connectivity index is 1.81. The Hall–Kier alpha value is -6.47. The van der Waals surface area contributed by atoms with Gasteiger partial charge in [-0.15, -0.1) is 0 Å². The third-order valence-corrected chi connectivity index (χ3v) is 33.3. The van der Waals surface area contributed by atoms with E-state index in [1.54, 1.807) is 73.3 Å². The number of halogens is 1. The van der Waals surface area contributed by atoms with E-state index in [0.29, 0.717) is 82.7 Å². The van der Waals surface area contributed by atoms with E-state index >= 15 is 0 Å². The Morgan fingerprint density at radius 1 is 0.505 bits per heavy atom. The number of carboxylic acid groups (broad SMARTS) is 3. The molecule has 0 bridgehead atoms. The van der Waals surface area contributed by atoms with Gasteiger partial charge >= 0.3 is 306 Å². The van der Waals surface area contributed by atoms with Gasteiger partial charge in [0, 0.05) is 50.2 Å². The molecule has 0 aliphatic carbocycles. The zero-order valence-corrected chi connectivity index (χ0v) is 67.8. The maximum atomic E-state index is 14.4. The molecule has 580 valence electrons. The number of carbonyl (C=O) groups excluding carboxylic acids is 8. The molecule has 0 saturated carbocycles. The van der Waals surface area contributed by atoms with Crippen LogP contribution in [0, 0.1) is 0 Å². The Morgan fingerprint density at radius 2 is 0.913 bits per heavy atom. The molecular formula is C74H121BrN10O17Sn. The molecule has 0 radical (unpaired) electrons. The van der Waals surface area contributed by atoms with Crippen LogP contribution in [0.15, 0.2) is 46.9 Å². The molecule has 0 unspecified atom stereocenters. The molecule has 103 heavy (non-hydrogen) atoms. The molecular weight excluding hydrogens is 1500 g/mol. The molecule has 1 heterocycles. The van der Waals surface area contributed by atoms with Crippen LogP contribution in [0.4, 0.5) is 4.79 Å². The molecule has 2 aromatic carbocycles. The van der Waals surface area contributed by atoms with Gasteiger partial charge in [-0.25, -0.2) is 14.4 Å². The molecule has 8 N–H and O–H groups in total. The van der Waals surface area contributed by atoms with Gasteiger partial charge in [0.2, 0.25) is 0 Å². The van der Waals surface area contributed by atoms with E-state index in [1.807, 2.05) is 56.0 Å². The van der Waals surface area contributed by atoms with Crippen LogP contribution in [0.3, 0.4) is 0 Å². The number of amides is 6. The molecule has 27 nitrogen and oxygen atoms in total. The number of carbonyl (C=O) groups is 11. The van der Waals surface area contributed by atoms with E-state index < -0.39 is 102 Å². The Labute approximate surface area is 623 Å². The SMILES string of the molecule is CCC[CH2][Sn]([CH2]CCC)([CH2]CCC)[c]1cc(C(=O)NCCCCC(=O)N(CCCC[C@H](NC(=O)N[C@@H](CCC(=O)O)C(=O)O)C(=O)O)Cc2ccc(Br)cc2)cc(C(=O)NCCNC(=O)CN2CCN(CC(=O)OC(C)(C)C)CCN(CC(=O)OC(C)(C)C)CCN(CC(=O)OC(C)(C)C)CC2)c1. The summed E-state index contributed by atoms with van der Waals surface area (Å²) in [6.45, 7) is 26.6.